The molecule has 0 bridgehead atoms. The normalized spacial score (nSPS) is 11.8. The molecule has 0 radical (unpaired) electrons. The molecule has 0 aliphatic carbocycles. The topological polar surface area (TPSA) is 73.9 Å². The quantitative estimate of drug-likeness (QED) is 0.796. The smallest absolute Gasteiger partial charge is 0.181 e. The number of aromatic nitrogens is 3. The molecule has 2 heterocycles. The third-order valence-corrected chi connectivity index (χ3v) is 5.04. The van der Waals surface area contributed by atoms with Crippen molar-refractivity contribution in [1.29, 1.82) is 0 Å². The number of thiazole rings is 1. The van der Waals surface area contributed by atoms with Crippen LogP contribution in [0.4, 0.5) is 5.82 Å². The monoisotopic (exact) mass is 404 g/mol. The Morgan fingerprint density at radius 1 is 1.30 bits per heavy atom. The van der Waals surface area contributed by atoms with E-state index in [1.165, 1.54) is 0 Å². The van der Waals surface area contributed by atoms with E-state index in [9.17, 15) is 0 Å². The molecule has 108 valence electrons. The van der Waals surface area contributed by atoms with Gasteiger partial charge in [0.1, 0.15) is 11.5 Å². The lowest BCUT2D eigenvalue weighted by Crippen LogP contribution is -2.10. The number of ether oxygens (including phenoxy) is 1. The van der Waals surface area contributed by atoms with Gasteiger partial charge in [-0.2, -0.15) is 0 Å². The van der Waals surface area contributed by atoms with E-state index in [2.05, 4.69) is 58.3 Å². The van der Waals surface area contributed by atoms with Crippen LogP contribution in [0.5, 0.6) is 0 Å². The van der Waals surface area contributed by atoms with Crippen LogP contribution in [0.15, 0.2) is 5.38 Å². The van der Waals surface area contributed by atoms with Gasteiger partial charge in [-0.05, 0) is 22.6 Å². The summed E-state index contributed by atoms with van der Waals surface area (Å²) in [7, 11) is 1.63. The summed E-state index contributed by atoms with van der Waals surface area (Å²) in [5.74, 6) is 1.02. The van der Waals surface area contributed by atoms with Crippen molar-refractivity contribution in [2.75, 3.05) is 12.8 Å². The summed E-state index contributed by atoms with van der Waals surface area (Å²) in [6.07, 6.45) is 0. The minimum absolute atomic E-state index is 0.0209. The third kappa shape index (κ3) is 3.26. The van der Waals surface area contributed by atoms with Crippen molar-refractivity contribution in [2.45, 2.75) is 32.8 Å². The number of hydrogen-bond acceptors (Lipinski definition) is 6. The van der Waals surface area contributed by atoms with Crippen LogP contribution in [0.1, 0.15) is 31.5 Å². The first-order chi connectivity index (χ1) is 9.32. The van der Waals surface area contributed by atoms with Gasteiger partial charge < -0.3 is 10.5 Å². The molecule has 2 aromatic rings. The third-order valence-electron chi connectivity index (χ3n) is 2.60. The summed E-state index contributed by atoms with van der Waals surface area (Å²) in [6.45, 7) is 6.81. The molecule has 0 amide bonds. The SMILES string of the molecule is COCc1nc(-c2csc(C(C)(C)C)n2)nc(N)c1I. The van der Waals surface area contributed by atoms with Crippen LogP contribution < -0.4 is 5.73 Å². The molecule has 0 saturated carbocycles. The lowest BCUT2D eigenvalue weighted by Gasteiger charge is -2.13. The number of hydrogen-bond donors (Lipinski definition) is 1. The predicted octanol–water partition coefficient (Wildman–Crippen LogP) is 3.23. The highest BCUT2D eigenvalue weighted by Crippen LogP contribution is 2.29. The number of methoxy groups -OCH3 is 1. The van der Waals surface area contributed by atoms with Gasteiger partial charge in [-0.25, -0.2) is 15.0 Å². The van der Waals surface area contributed by atoms with Crippen molar-refractivity contribution in [1.82, 2.24) is 15.0 Å². The predicted molar refractivity (Wildman–Crippen MR) is 89.7 cm³/mol. The average Bonchev–Trinajstić information content (AvgIpc) is 2.84. The minimum Gasteiger partial charge on any atom is -0.383 e. The zero-order chi connectivity index (χ0) is 14.9. The van der Waals surface area contributed by atoms with Crippen molar-refractivity contribution in [3.05, 3.63) is 19.7 Å². The van der Waals surface area contributed by atoms with Gasteiger partial charge >= 0.3 is 0 Å². The van der Waals surface area contributed by atoms with Crippen molar-refractivity contribution in [2.24, 2.45) is 0 Å². The first-order valence-electron chi connectivity index (χ1n) is 6.10. The molecule has 0 spiro atoms. The summed E-state index contributed by atoms with van der Waals surface area (Å²) in [6, 6.07) is 0. The second-order valence-electron chi connectivity index (χ2n) is 5.41. The fourth-order valence-electron chi connectivity index (χ4n) is 1.58. The maximum absolute atomic E-state index is 5.94. The summed E-state index contributed by atoms with van der Waals surface area (Å²) < 4.78 is 5.98. The molecule has 0 aromatic carbocycles. The summed E-state index contributed by atoms with van der Waals surface area (Å²) in [5.41, 5.74) is 7.52. The van der Waals surface area contributed by atoms with E-state index in [4.69, 9.17) is 10.5 Å². The fourth-order valence-corrected chi connectivity index (χ4v) is 2.86. The number of halogens is 1. The van der Waals surface area contributed by atoms with Crippen LogP contribution in [0.3, 0.4) is 0 Å². The Morgan fingerprint density at radius 3 is 2.55 bits per heavy atom. The van der Waals surface area contributed by atoms with Crippen LogP contribution in [-0.2, 0) is 16.8 Å². The molecule has 2 rings (SSSR count). The van der Waals surface area contributed by atoms with Crippen LogP contribution >= 0.6 is 33.9 Å². The van der Waals surface area contributed by atoms with Crippen molar-refractivity contribution in [3.63, 3.8) is 0 Å². The molecule has 0 aliphatic heterocycles. The highest BCUT2D eigenvalue weighted by molar-refractivity contribution is 14.1. The number of nitrogens with two attached hydrogens (primary N) is 1. The zero-order valence-electron chi connectivity index (χ0n) is 11.9. The Morgan fingerprint density at radius 2 is 2.00 bits per heavy atom. The molecule has 7 heteroatoms. The first kappa shape index (κ1) is 15.6. The van der Waals surface area contributed by atoms with Gasteiger partial charge in [-0.1, -0.05) is 20.8 Å². The number of rotatable bonds is 3. The maximum atomic E-state index is 5.94. The van der Waals surface area contributed by atoms with E-state index in [-0.39, 0.29) is 5.41 Å². The lowest BCUT2D eigenvalue weighted by atomic mass is 9.98. The van der Waals surface area contributed by atoms with E-state index in [1.54, 1.807) is 18.4 Å². The number of nitrogens with zero attached hydrogens (tertiary/aromatic N) is 3. The zero-order valence-corrected chi connectivity index (χ0v) is 14.9. The molecule has 20 heavy (non-hydrogen) atoms. The molecule has 0 fully saturated rings. The van der Waals surface area contributed by atoms with Crippen LogP contribution in [-0.4, -0.2) is 22.1 Å². The lowest BCUT2D eigenvalue weighted by molar-refractivity contribution is 0.181. The first-order valence-corrected chi connectivity index (χ1v) is 8.06. The van der Waals surface area contributed by atoms with E-state index in [0.717, 1.165) is 20.0 Å². The highest BCUT2D eigenvalue weighted by Gasteiger charge is 2.20. The van der Waals surface area contributed by atoms with Crippen LogP contribution in [0.25, 0.3) is 11.5 Å². The number of anilines is 1. The van der Waals surface area contributed by atoms with E-state index >= 15 is 0 Å². The Labute approximate surface area is 136 Å². The molecule has 5 nitrogen and oxygen atoms in total. The van der Waals surface area contributed by atoms with Gasteiger partial charge in [0.15, 0.2) is 5.82 Å². The van der Waals surface area contributed by atoms with Gasteiger partial charge in [0.05, 0.1) is 20.9 Å². The number of nitrogen functional groups attached to an aromatic ring is 1. The Bertz CT molecular complexity index is 621. The standard InChI is InChI=1S/C13H17IN4OS/c1-13(2,3)12-17-8(6-20-12)11-16-7(5-19-4)9(14)10(15)18-11/h6H,5H2,1-4H3,(H2,15,16,18). The van der Waals surface area contributed by atoms with Gasteiger partial charge in [-0.15, -0.1) is 11.3 Å². The van der Waals surface area contributed by atoms with E-state index < -0.39 is 0 Å². The van der Waals surface area contributed by atoms with Gasteiger partial charge in [-0.3, -0.25) is 0 Å². The van der Waals surface area contributed by atoms with Crippen LogP contribution in [0, 0.1) is 3.57 Å². The fraction of sp³-hybridized carbons (Fsp3) is 0.462. The van der Waals surface area contributed by atoms with Gasteiger partial charge in [0.25, 0.3) is 0 Å². The van der Waals surface area contributed by atoms with Crippen molar-refractivity contribution < 1.29 is 4.74 Å². The van der Waals surface area contributed by atoms with Crippen molar-refractivity contribution >= 4 is 39.7 Å². The van der Waals surface area contributed by atoms with Gasteiger partial charge in [0.2, 0.25) is 0 Å². The van der Waals surface area contributed by atoms with E-state index in [1.807, 2.05) is 5.38 Å². The average molecular weight is 404 g/mol. The Hall–Kier alpha value is -0.800. The maximum Gasteiger partial charge on any atom is 0.181 e. The molecule has 0 saturated heterocycles. The summed E-state index contributed by atoms with van der Waals surface area (Å²) in [4.78, 5) is 13.5. The Kier molecular flexibility index (Phi) is 4.60. The minimum atomic E-state index is 0.0209. The summed E-state index contributed by atoms with van der Waals surface area (Å²) in [5, 5.41) is 3.03. The molecular weight excluding hydrogens is 387 g/mol. The molecular formula is C13H17IN4OS. The van der Waals surface area contributed by atoms with E-state index in [0.29, 0.717) is 18.2 Å². The largest absolute Gasteiger partial charge is 0.383 e. The molecule has 0 aliphatic rings. The molecule has 2 N–H and O–H groups in total. The van der Waals surface area contributed by atoms with Crippen molar-refractivity contribution in [3.8, 4) is 11.5 Å². The highest BCUT2D eigenvalue weighted by atomic mass is 127. The second kappa shape index (κ2) is 5.90. The van der Waals surface area contributed by atoms with Gasteiger partial charge in [0, 0.05) is 17.9 Å². The molecule has 0 atom stereocenters. The second-order valence-corrected chi connectivity index (χ2v) is 7.35. The summed E-state index contributed by atoms with van der Waals surface area (Å²) >= 11 is 3.75. The molecule has 2 aromatic heterocycles. The molecule has 0 unspecified atom stereocenters. The Balaban J connectivity index is 2.45. The van der Waals surface area contributed by atoms with Crippen LogP contribution in [0.2, 0.25) is 0 Å².